The molecule has 0 aromatic rings. The monoisotopic (exact) mass is 128 g/mol. The fraction of sp³-hybridized carbons (Fsp3) is 0.750. The van der Waals surface area contributed by atoms with Crippen LogP contribution in [0.25, 0.3) is 0 Å². The zero-order valence-electron chi connectivity index (χ0n) is 6.19. The van der Waals surface area contributed by atoms with Crippen LogP contribution in [0.3, 0.4) is 0 Å². The third-order valence-corrected chi connectivity index (χ3v) is 1.35. The molecule has 0 bridgehead atoms. The van der Waals surface area contributed by atoms with E-state index in [4.69, 9.17) is 5.11 Å². The van der Waals surface area contributed by atoms with Crippen LogP contribution in [0, 0.1) is 0 Å². The third kappa shape index (κ3) is 5.57. The summed E-state index contributed by atoms with van der Waals surface area (Å²) in [7, 11) is 0. The van der Waals surface area contributed by atoms with Crippen molar-refractivity contribution in [1.82, 2.24) is 0 Å². The van der Waals surface area contributed by atoms with Gasteiger partial charge in [-0.25, -0.2) is 0 Å². The van der Waals surface area contributed by atoms with E-state index in [0.29, 0.717) is 0 Å². The van der Waals surface area contributed by atoms with Gasteiger partial charge in [0, 0.05) is 6.61 Å². The highest BCUT2D eigenvalue weighted by Gasteiger charge is 1.90. The number of hydrogen-bond donors (Lipinski definition) is 1. The van der Waals surface area contributed by atoms with Crippen molar-refractivity contribution in [2.24, 2.45) is 0 Å². The maximum Gasteiger partial charge on any atom is 0.0468 e. The Hall–Kier alpha value is -0.300. The average Bonchev–Trinajstić information content (AvgIpc) is 1.85. The van der Waals surface area contributed by atoms with Crippen LogP contribution in [0.1, 0.15) is 32.6 Å². The lowest BCUT2D eigenvalue weighted by molar-refractivity contribution is 0.298. The molecule has 0 radical (unpaired) electrons. The summed E-state index contributed by atoms with van der Waals surface area (Å²) in [5.74, 6) is 0. The van der Waals surface area contributed by atoms with Crippen molar-refractivity contribution in [3.05, 3.63) is 12.2 Å². The molecule has 54 valence electrons. The van der Waals surface area contributed by atoms with E-state index >= 15 is 0 Å². The van der Waals surface area contributed by atoms with E-state index in [1.165, 1.54) is 18.4 Å². The Morgan fingerprint density at radius 1 is 1.44 bits per heavy atom. The van der Waals surface area contributed by atoms with Gasteiger partial charge in [-0.2, -0.15) is 0 Å². The summed E-state index contributed by atoms with van der Waals surface area (Å²) < 4.78 is 0. The molecule has 9 heavy (non-hydrogen) atoms. The van der Waals surface area contributed by atoms with E-state index in [9.17, 15) is 0 Å². The minimum absolute atomic E-state index is 0.253. The topological polar surface area (TPSA) is 20.2 Å². The zero-order chi connectivity index (χ0) is 7.11. The Labute approximate surface area is 57.4 Å². The van der Waals surface area contributed by atoms with Crippen molar-refractivity contribution in [3.8, 4) is 0 Å². The molecule has 0 fully saturated rings. The number of aliphatic hydroxyl groups excluding tert-OH is 1. The molecule has 0 aliphatic carbocycles. The number of unbranched alkanes of at least 4 members (excludes halogenated alkanes) is 1. The fourth-order valence-electron chi connectivity index (χ4n) is 0.710. The molecule has 0 saturated heterocycles. The Bertz CT molecular complexity index is 76.6. The highest BCUT2D eigenvalue weighted by Crippen LogP contribution is 2.07. The highest BCUT2D eigenvalue weighted by atomic mass is 16.2. The molecule has 0 aliphatic rings. The quantitative estimate of drug-likeness (QED) is 0.562. The number of hydrogen-bond acceptors (Lipinski definition) is 1. The number of rotatable bonds is 5. The first-order valence-corrected chi connectivity index (χ1v) is 3.58. The summed E-state index contributed by atoms with van der Waals surface area (Å²) in [6.07, 6.45) is 4.28. The lowest BCUT2D eigenvalue weighted by atomic mass is 10.1. The predicted octanol–water partition coefficient (Wildman–Crippen LogP) is 2.12. The van der Waals surface area contributed by atoms with Crippen LogP contribution in [0.15, 0.2) is 12.2 Å². The maximum absolute atomic E-state index is 8.48. The fourth-order valence-corrected chi connectivity index (χ4v) is 0.710. The molecule has 0 aromatic carbocycles. The van der Waals surface area contributed by atoms with E-state index < -0.39 is 0 Å². The summed E-state index contributed by atoms with van der Waals surface area (Å²) >= 11 is 0. The second-order valence-corrected chi connectivity index (χ2v) is 2.33. The summed E-state index contributed by atoms with van der Waals surface area (Å²) in [5, 5.41) is 8.48. The van der Waals surface area contributed by atoms with E-state index in [1.54, 1.807) is 0 Å². The van der Waals surface area contributed by atoms with E-state index in [1.807, 2.05) is 0 Å². The van der Waals surface area contributed by atoms with Crippen LogP contribution >= 0.6 is 0 Å². The minimum atomic E-state index is 0.253. The molecule has 0 heterocycles. The largest absolute Gasteiger partial charge is 0.396 e. The van der Waals surface area contributed by atoms with Gasteiger partial charge in [0.2, 0.25) is 0 Å². The second-order valence-electron chi connectivity index (χ2n) is 2.33. The molecule has 0 amide bonds. The van der Waals surface area contributed by atoms with Crippen molar-refractivity contribution in [3.63, 3.8) is 0 Å². The molecule has 0 saturated carbocycles. The van der Waals surface area contributed by atoms with Crippen molar-refractivity contribution < 1.29 is 5.11 Å². The van der Waals surface area contributed by atoms with Crippen LogP contribution in [0.2, 0.25) is 0 Å². The molecule has 0 atom stereocenters. The Balaban J connectivity index is 3.06. The molecule has 1 N–H and O–H groups in total. The van der Waals surface area contributed by atoms with Gasteiger partial charge in [-0.1, -0.05) is 25.5 Å². The molecule has 0 rings (SSSR count). The van der Waals surface area contributed by atoms with Crippen LogP contribution in [-0.2, 0) is 0 Å². The Morgan fingerprint density at radius 2 is 2.11 bits per heavy atom. The molecule has 1 nitrogen and oxygen atoms in total. The van der Waals surface area contributed by atoms with Gasteiger partial charge in [0.05, 0.1) is 0 Å². The lowest BCUT2D eigenvalue weighted by Gasteiger charge is -1.99. The predicted molar refractivity (Wildman–Crippen MR) is 40.4 cm³/mol. The van der Waals surface area contributed by atoms with Gasteiger partial charge < -0.3 is 5.11 Å². The first kappa shape index (κ1) is 8.70. The summed E-state index contributed by atoms with van der Waals surface area (Å²) in [6.45, 7) is 6.23. The third-order valence-electron chi connectivity index (χ3n) is 1.35. The molecule has 0 aliphatic heterocycles. The van der Waals surface area contributed by atoms with Gasteiger partial charge in [-0.3, -0.25) is 0 Å². The van der Waals surface area contributed by atoms with Crippen molar-refractivity contribution >= 4 is 0 Å². The van der Waals surface area contributed by atoms with Crippen LogP contribution in [0.5, 0.6) is 0 Å². The summed E-state index contributed by atoms with van der Waals surface area (Å²) in [6, 6.07) is 0. The lowest BCUT2D eigenvalue weighted by Crippen LogP contribution is -1.86. The molecular formula is C8H16O. The standard InChI is InChI=1S/C8H16O/c1-3-4-5-8(2)6-7-9/h9H,2-7H2,1H3. The summed E-state index contributed by atoms with van der Waals surface area (Å²) in [4.78, 5) is 0. The van der Waals surface area contributed by atoms with Crippen LogP contribution < -0.4 is 0 Å². The molecular weight excluding hydrogens is 112 g/mol. The summed E-state index contributed by atoms with van der Waals surface area (Å²) in [5.41, 5.74) is 1.18. The van der Waals surface area contributed by atoms with Gasteiger partial charge in [-0.05, 0) is 19.3 Å². The molecule has 0 unspecified atom stereocenters. The number of aliphatic hydroxyl groups is 1. The minimum Gasteiger partial charge on any atom is -0.396 e. The van der Waals surface area contributed by atoms with Crippen molar-refractivity contribution in [1.29, 1.82) is 0 Å². The van der Waals surface area contributed by atoms with Crippen LogP contribution in [0.4, 0.5) is 0 Å². The molecule has 0 aromatic heterocycles. The van der Waals surface area contributed by atoms with Crippen LogP contribution in [-0.4, -0.2) is 11.7 Å². The van der Waals surface area contributed by atoms with Gasteiger partial charge in [0.1, 0.15) is 0 Å². The average molecular weight is 128 g/mol. The molecule has 1 heteroatoms. The zero-order valence-corrected chi connectivity index (χ0v) is 6.19. The SMILES string of the molecule is C=C(CCO)CCCC. The smallest absolute Gasteiger partial charge is 0.0468 e. The molecule has 0 spiro atoms. The van der Waals surface area contributed by atoms with E-state index in [2.05, 4.69) is 13.5 Å². The first-order chi connectivity index (χ1) is 4.31. The maximum atomic E-state index is 8.48. The highest BCUT2D eigenvalue weighted by molar-refractivity contribution is 4.92. The van der Waals surface area contributed by atoms with Gasteiger partial charge in [0.15, 0.2) is 0 Å². The normalized spacial score (nSPS) is 9.56. The van der Waals surface area contributed by atoms with Gasteiger partial charge in [-0.15, -0.1) is 0 Å². The Morgan fingerprint density at radius 3 is 2.56 bits per heavy atom. The van der Waals surface area contributed by atoms with E-state index in [0.717, 1.165) is 12.8 Å². The first-order valence-electron chi connectivity index (χ1n) is 3.58. The van der Waals surface area contributed by atoms with Gasteiger partial charge >= 0.3 is 0 Å². The Kier molecular flexibility index (Phi) is 5.64. The van der Waals surface area contributed by atoms with Crippen molar-refractivity contribution in [2.75, 3.05) is 6.61 Å². The second kappa shape index (κ2) is 5.83. The van der Waals surface area contributed by atoms with Crippen molar-refractivity contribution in [2.45, 2.75) is 32.6 Å². The van der Waals surface area contributed by atoms with Gasteiger partial charge in [0.25, 0.3) is 0 Å². The van der Waals surface area contributed by atoms with E-state index in [-0.39, 0.29) is 6.61 Å².